The Labute approximate surface area is 140 Å². The molecule has 0 aliphatic heterocycles. The summed E-state index contributed by atoms with van der Waals surface area (Å²) in [6.45, 7) is 1.77. The van der Waals surface area contributed by atoms with Crippen molar-refractivity contribution >= 4 is 15.7 Å². The van der Waals surface area contributed by atoms with Gasteiger partial charge in [-0.1, -0.05) is 24.3 Å². The Bertz CT molecular complexity index is 893. The lowest BCUT2D eigenvalue weighted by Crippen LogP contribution is -2.27. The predicted octanol–water partition coefficient (Wildman–Crippen LogP) is 3.12. The molecule has 1 N–H and O–H groups in total. The van der Waals surface area contributed by atoms with Crippen molar-refractivity contribution in [3.8, 4) is 0 Å². The van der Waals surface area contributed by atoms with Gasteiger partial charge < -0.3 is 0 Å². The minimum atomic E-state index is -3.83. The quantitative estimate of drug-likeness (QED) is 0.665. The van der Waals surface area contributed by atoms with E-state index in [4.69, 9.17) is 0 Å². The van der Waals surface area contributed by atoms with Crippen LogP contribution in [0.5, 0.6) is 0 Å². The minimum absolute atomic E-state index is 0.107. The number of fused-ring (bicyclic) bond motifs is 1. The third-order valence-electron chi connectivity index (χ3n) is 4.29. The first-order chi connectivity index (χ1) is 11.4. The maximum absolute atomic E-state index is 12.5. The number of hydrogen-bond donors (Lipinski definition) is 1. The van der Waals surface area contributed by atoms with Crippen molar-refractivity contribution in [1.29, 1.82) is 0 Å². The summed E-state index contributed by atoms with van der Waals surface area (Å²) in [5, 5.41) is 10.8. The summed E-state index contributed by atoms with van der Waals surface area (Å²) in [5.74, 6) is 0. The first-order valence-electron chi connectivity index (χ1n) is 7.75. The molecule has 0 bridgehead atoms. The molecule has 0 heterocycles. The molecule has 7 heteroatoms. The van der Waals surface area contributed by atoms with Crippen LogP contribution in [-0.2, 0) is 22.9 Å². The number of nitro benzene ring substituents is 1. The van der Waals surface area contributed by atoms with Gasteiger partial charge in [-0.2, -0.15) is 0 Å². The third kappa shape index (κ3) is 3.32. The van der Waals surface area contributed by atoms with Crippen LogP contribution in [0.4, 0.5) is 5.69 Å². The summed E-state index contributed by atoms with van der Waals surface area (Å²) >= 11 is 0. The molecule has 3 rings (SSSR count). The molecule has 0 amide bonds. The number of nitrogens with zero attached hydrogens (tertiary/aromatic N) is 1. The highest BCUT2D eigenvalue weighted by Crippen LogP contribution is 2.26. The van der Waals surface area contributed by atoms with Gasteiger partial charge >= 0.3 is 0 Å². The standard InChI is InChI=1S/C17H18N2O4S/c1-12(14-9-8-13-4-2-5-15(13)10-14)18-24(22,23)17-7-3-6-16(11-17)19(20)21/h3,6-12,18H,2,4-5H2,1H3/t12-/m1/s1. The van der Waals surface area contributed by atoms with Gasteiger partial charge in [0.15, 0.2) is 0 Å². The Kier molecular flexibility index (Phi) is 4.38. The van der Waals surface area contributed by atoms with Crippen molar-refractivity contribution in [1.82, 2.24) is 4.72 Å². The number of hydrogen-bond acceptors (Lipinski definition) is 4. The fourth-order valence-corrected chi connectivity index (χ4v) is 4.27. The average molecular weight is 346 g/mol. The molecule has 0 saturated carbocycles. The Hall–Kier alpha value is -2.25. The van der Waals surface area contributed by atoms with Crippen LogP contribution < -0.4 is 4.72 Å². The van der Waals surface area contributed by atoms with Crippen molar-refractivity contribution < 1.29 is 13.3 Å². The summed E-state index contributed by atoms with van der Waals surface area (Å²) in [6.07, 6.45) is 3.23. The zero-order chi connectivity index (χ0) is 17.3. The summed E-state index contributed by atoms with van der Waals surface area (Å²) in [5.41, 5.74) is 3.24. The molecule has 2 aromatic carbocycles. The molecule has 0 unspecified atom stereocenters. The number of aryl methyl sites for hydroxylation is 2. The second-order valence-corrected chi connectivity index (χ2v) is 7.69. The zero-order valence-corrected chi connectivity index (χ0v) is 14.0. The fraction of sp³-hybridized carbons (Fsp3) is 0.294. The van der Waals surface area contributed by atoms with Crippen LogP contribution in [0.1, 0.15) is 36.1 Å². The van der Waals surface area contributed by atoms with Crippen molar-refractivity contribution in [3.63, 3.8) is 0 Å². The maximum Gasteiger partial charge on any atom is 0.270 e. The molecular weight excluding hydrogens is 328 g/mol. The number of non-ortho nitro benzene ring substituents is 1. The molecule has 126 valence electrons. The molecule has 1 aliphatic rings. The second kappa shape index (κ2) is 6.33. The highest BCUT2D eigenvalue weighted by molar-refractivity contribution is 7.89. The monoisotopic (exact) mass is 346 g/mol. The van der Waals surface area contributed by atoms with Crippen molar-refractivity contribution in [3.05, 3.63) is 69.3 Å². The van der Waals surface area contributed by atoms with E-state index in [2.05, 4.69) is 10.8 Å². The van der Waals surface area contributed by atoms with Gasteiger partial charge in [-0.15, -0.1) is 0 Å². The first kappa shape index (κ1) is 16.6. The van der Waals surface area contributed by atoms with E-state index in [1.54, 1.807) is 6.92 Å². The maximum atomic E-state index is 12.5. The van der Waals surface area contributed by atoms with E-state index < -0.39 is 21.0 Å². The molecule has 0 radical (unpaired) electrons. The lowest BCUT2D eigenvalue weighted by molar-refractivity contribution is -0.385. The molecule has 24 heavy (non-hydrogen) atoms. The molecule has 0 saturated heterocycles. The van der Waals surface area contributed by atoms with Crippen LogP contribution in [0.15, 0.2) is 47.4 Å². The number of benzene rings is 2. The summed E-state index contributed by atoms with van der Waals surface area (Å²) < 4.78 is 27.6. The Morgan fingerprint density at radius 3 is 2.62 bits per heavy atom. The molecule has 1 atom stereocenters. The normalized spacial score (nSPS) is 15.0. The summed E-state index contributed by atoms with van der Waals surface area (Å²) in [7, 11) is -3.83. The Morgan fingerprint density at radius 2 is 1.88 bits per heavy atom. The largest absolute Gasteiger partial charge is 0.270 e. The van der Waals surface area contributed by atoms with E-state index in [0.717, 1.165) is 30.9 Å². The number of nitro groups is 1. The molecular formula is C17H18N2O4S. The van der Waals surface area contributed by atoms with Crippen LogP contribution >= 0.6 is 0 Å². The van der Waals surface area contributed by atoms with E-state index >= 15 is 0 Å². The summed E-state index contributed by atoms with van der Waals surface area (Å²) in [4.78, 5) is 10.1. The molecule has 6 nitrogen and oxygen atoms in total. The molecule has 0 fully saturated rings. The van der Waals surface area contributed by atoms with Crippen molar-refractivity contribution in [2.75, 3.05) is 0 Å². The lowest BCUT2D eigenvalue weighted by atomic mass is 10.0. The number of rotatable bonds is 5. The van der Waals surface area contributed by atoms with E-state index in [1.807, 2.05) is 12.1 Å². The van der Waals surface area contributed by atoms with Gasteiger partial charge in [-0.05, 0) is 48.9 Å². The average Bonchev–Trinajstić information content (AvgIpc) is 3.02. The van der Waals surface area contributed by atoms with Crippen LogP contribution in [0.2, 0.25) is 0 Å². The summed E-state index contributed by atoms with van der Waals surface area (Å²) in [6, 6.07) is 10.7. The molecule has 1 aliphatic carbocycles. The SMILES string of the molecule is C[C@@H](NS(=O)(=O)c1cccc([N+](=O)[O-])c1)c1ccc2c(c1)CCC2. The van der Waals surface area contributed by atoms with Crippen LogP contribution in [0, 0.1) is 10.1 Å². The number of sulfonamides is 1. The van der Waals surface area contributed by atoms with E-state index in [0.29, 0.717) is 0 Å². The van der Waals surface area contributed by atoms with Gasteiger partial charge in [0.05, 0.1) is 9.82 Å². The molecule has 0 spiro atoms. The highest BCUT2D eigenvalue weighted by Gasteiger charge is 2.21. The van der Waals surface area contributed by atoms with Crippen LogP contribution in [-0.4, -0.2) is 13.3 Å². The topological polar surface area (TPSA) is 89.3 Å². The Balaban J connectivity index is 1.83. The predicted molar refractivity (Wildman–Crippen MR) is 90.3 cm³/mol. The van der Waals surface area contributed by atoms with E-state index in [9.17, 15) is 18.5 Å². The Morgan fingerprint density at radius 1 is 1.12 bits per heavy atom. The van der Waals surface area contributed by atoms with Gasteiger partial charge in [0.25, 0.3) is 5.69 Å². The zero-order valence-electron chi connectivity index (χ0n) is 13.2. The van der Waals surface area contributed by atoms with Gasteiger partial charge in [-0.25, -0.2) is 13.1 Å². The molecule has 2 aromatic rings. The smallest absolute Gasteiger partial charge is 0.258 e. The first-order valence-corrected chi connectivity index (χ1v) is 9.23. The van der Waals surface area contributed by atoms with Crippen LogP contribution in [0.25, 0.3) is 0 Å². The fourth-order valence-electron chi connectivity index (χ4n) is 2.99. The highest BCUT2D eigenvalue weighted by atomic mass is 32.2. The van der Waals surface area contributed by atoms with Gasteiger partial charge in [-0.3, -0.25) is 10.1 Å². The van der Waals surface area contributed by atoms with E-state index in [1.165, 1.54) is 29.3 Å². The van der Waals surface area contributed by atoms with Gasteiger partial charge in [0.1, 0.15) is 0 Å². The van der Waals surface area contributed by atoms with Gasteiger partial charge in [0, 0.05) is 18.2 Å². The lowest BCUT2D eigenvalue weighted by Gasteiger charge is -2.16. The van der Waals surface area contributed by atoms with Crippen molar-refractivity contribution in [2.24, 2.45) is 0 Å². The molecule has 0 aromatic heterocycles. The third-order valence-corrected chi connectivity index (χ3v) is 5.83. The number of nitrogens with one attached hydrogen (secondary N) is 1. The van der Waals surface area contributed by atoms with E-state index in [-0.39, 0.29) is 10.6 Å². The van der Waals surface area contributed by atoms with Crippen LogP contribution in [0.3, 0.4) is 0 Å². The van der Waals surface area contributed by atoms with Crippen molar-refractivity contribution in [2.45, 2.75) is 37.1 Å². The van der Waals surface area contributed by atoms with Gasteiger partial charge in [0.2, 0.25) is 10.0 Å². The minimum Gasteiger partial charge on any atom is -0.258 e. The second-order valence-electron chi connectivity index (χ2n) is 5.98.